The number of fused-ring (bicyclic) bond motifs is 5. The van der Waals surface area contributed by atoms with E-state index >= 15 is 0 Å². The van der Waals surface area contributed by atoms with Gasteiger partial charge in [0.1, 0.15) is 18.2 Å². The van der Waals surface area contributed by atoms with Crippen LogP contribution in [0.4, 0.5) is 5.82 Å². The van der Waals surface area contributed by atoms with Crippen molar-refractivity contribution in [3.8, 4) is 17.2 Å². The predicted molar refractivity (Wildman–Crippen MR) is 98.9 cm³/mol. The fraction of sp³-hybridized carbons (Fsp3) is 0.421. The van der Waals surface area contributed by atoms with Gasteiger partial charge in [-0.05, 0) is 18.6 Å². The summed E-state index contributed by atoms with van der Waals surface area (Å²) in [7, 11) is -3.75. The third-order valence-corrected chi connectivity index (χ3v) is 7.87. The van der Waals surface area contributed by atoms with Crippen LogP contribution in [0.25, 0.3) is 0 Å². The molecule has 0 amide bonds. The zero-order valence-electron chi connectivity index (χ0n) is 15.0. The van der Waals surface area contributed by atoms with Crippen LogP contribution < -0.4 is 18.5 Å². The minimum atomic E-state index is -3.75. The SMILES string of the molecule is CCCCCN1c2ncccc2C2(COc3cc4c(cc32)OCO4)S1(=O)=O. The molecule has 0 fully saturated rings. The van der Waals surface area contributed by atoms with Crippen molar-refractivity contribution in [1.82, 2.24) is 4.98 Å². The zero-order valence-corrected chi connectivity index (χ0v) is 15.8. The van der Waals surface area contributed by atoms with E-state index in [1.165, 1.54) is 4.31 Å². The molecule has 0 saturated heterocycles. The Morgan fingerprint density at radius 3 is 2.74 bits per heavy atom. The van der Waals surface area contributed by atoms with Crippen molar-refractivity contribution in [2.45, 2.75) is 30.9 Å². The molecule has 0 N–H and O–H groups in total. The number of hydrogen-bond acceptors (Lipinski definition) is 6. The summed E-state index contributed by atoms with van der Waals surface area (Å²) in [6.45, 7) is 2.66. The van der Waals surface area contributed by atoms with Gasteiger partial charge in [0.2, 0.25) is 6.79 Å². The second-order valence-electron chi connectivity index (χ2n) is 6.98. The lowest BCUT2D eigenvalue weighted by Crippen LogP contribution is -2.42. The van der Waals surface area contributed by atoms with Crippen LogP contribution in [0, 0.1) is 0 Å². The maximum Gasteiger partial charge on any atom is 0.254 e. The molecule has 8 heteroatoms. The average Bonchev–Trinajstić information content (AvgIpc) is 3.32. The number of hydrogen-bond donors (Lipinski definition) is 0. The van der Waals surface area contributed by atoms with Crippen molar-refractivity contribution in [2.75, 3.05) is 24.2 Å². The summed E-state index contributed by atoms with van der Waals surface area (Å²) in [5, 5.41) is 0. The third kappa shape index (κ3) is 2.07. The van der Waals surface area contributed by atoms with Gasteiger partial charge in [-0.15, -0.1) is 0 Å². The zero-order chi connectivity index (χ0) is 18.6. The summed E-state index contributed by atoms with van der Waals surface area (Å²) in [5.41, 5.74) is 1.26. The van der Waals surface area contributed by atoms with E-state index in [0.29, 0.717) is 40.7 Å². The molecule has 1 aromatic carbocycles. The average molecular weight is 388 g/mol. The Bertz CT molecular complexity index is 1020. The number of benzene rings is 1. The summed E-state index contributed by atoms with van der Waals surface area (Å²) in [6.07, 6.45) is 4.41. The van der Waals surface area contributed by atoms with Crippen molar-refractivity contribution in [2.24, 2.45) is 0 Å². The maximum atomic E-state index is 13.8. The molecule has 0 aliphatic carbocycles. The Hall–Kier alpha value is -2.48. The molecule has 142 valence electrons. The standard InChI is InChI=1S/C19H20N2O5S/c1-2-3-4-8-21-18-13(6-5-7-20-18)19(27(21,22)23)11-24-15-10-17-16(9-14(15)19)25-12-26-17/h5-7,9-10H,2-4,8,11-12H2,1H3. The van der Waals surface area contributed by atoms with E-state index in [4.69, 9.17) is 14.2 Å². The highest BCUT2D eigenvalue weighted by Crippen LogP contribution is 2.57. The van der Waals surface area contributed by atoms with Crippen molar-refractivity contribution in [3.05, 3.63) is 41.6 Å². The Labute approximate surface area is 157 Å². The smallest absolute Gasteiger partial charge is 0.254 e. The number of nitrogens with zero attached hydrogens (tertiary/aromatic N) is 2. The van der Waals surface area contributed by atoms with E-state index in [1.54, 1.807) is 24.4 Å². The molecule has 5 rings (SSSR count). The number of aromatic nitrogens is 1. The first-order valence-electron chi connectivity index (χ1n) is 9.14. The monoisotopic (exact) mass is 388 g/mol. The highest BCUT2D eigenvalue weighted by atomic mass is 32.2. The topological polar surface area (TPSA) is 78.0 Å². The lowest BCUT2D eigenvalue weighted by atomic mass is 9.92. The first-order valence-corrected chi connectivity index (χ1v) is 10.6. The van der Waals surface area contributed by atoms with Crippen molar-refractivity contribution < 1.29 is 22.6 Å². The Balaban J connectivity index is 1.70. The summed E-state index contributed by atoms with van der Waals surface area (Å²) in [4.78, 5) is 4.41. The van der Waals surface area contributed by atoms with E-state index < -0.39 is 14.8 Å². The van der Waals surface area contributed by atoms with Crippen LogP contribution in [0.1, 0.15) is 37.3 Å². The van der Waals surface area contributed by atoms with Gasteiger partial charge in [0, 0.05) is 29.9 Å². The van der Waals surface area contributed by atoms with E-state index in [2.05, 4.69) is 11.9 Å². The molecule has 1 spiro atoms. The lowest BCUT2D eigenvalue weighted by molar-refractivity contribution is 0.173. The molecule has 3 aliphatic rings. The fourth-order valence-corrected chi connectivity index (χ4v) is 6.34. The second kappa shape index (κ2) is 5.76. The second-order valence-corrected chi connectivity index (χ2v) is 9.06. The summed E-state index contributed by atoms with van der Waals surface area (Å²) in [5.74, 6) is 2.15. The number of rotatable bonds is 4. The molecule has 0 radical (unpaired) electrons. The Morgan fingerprint density at radius 2 is 1.93 bits per heavy atom. The van der Waals surface area contributed by atoms with Gasteiger partial charge in [-0.3, -0.25) is 4.31 Å². The van der Waals surface area contributed by atoms with Crippen molar-refractivity contribution >= 4 is 15.8 Å². The number of unbranched alkanes of at least 4 members (excludes halogenated alkanes) is 2. The van der Waals surface area contributed by atoms with Gasteiger partial charge >= 0.3 is 0 Å². The number of sulfonamides is 1. The third-order valence-electron chi connectivity index (χ3n) is 5.49. The molecule has 27 heavy (non-hydrogen) atoms. The van der Waals surface area contributed by atoms with Crippen LogP contribution in [-0.2, 0) is 14.8 Å². The van der Waals surface area contributed by atoms with Gasteiger partial charge in [-0.1, -0.05) is 25.8 Å². The maximum absolute atomic E-state index is 13.8. The summed E-state index contributed by atoms with van der Waals surface area (Å²) in [6, 6.07) is 7.08. The van der Waals surface area contributed by atoms with Gasteiger partial charge in [0.05, 0.1) is 0 Å². The van der Waals surface area contributed by atoms with Gasteiger partial charge < -0.3 is 14.2 Å². The molecule has 0 saturated carbocycles. The number of pyridine rings is 1. The van der Waals surface area contributed by atoms with Crippen LogP contribution >= 0.6 is 0 Å². The normalized spacial score (nSPS) is 23.4. The van der Waals surface area contributed by atoms with E-state index in [-0.39, 0.29) is 13.4 Å². The van der Waals surface area contributed by atoms with Gasteiger partial charge in [-0.25, -0.2) is 13.4 Å². The first kappa shape index (κ1) is 16.7. The van der Waals surface area contributed by atoms with Crippen LogP contribution in [-0.4, -0.2) is 33.3 Å². The van der Waals surface area contributed by atoms with Crippen molar-refractivity contribution in [3.63, 3.8) is 0 Å². The Kier molecular flexibility index (Phi) is 3.56. The molecule has 1 atom stereocenters. The molecule has 4 heterocycles. The van der Waals surface area contributed by atoms with Crippen LogP contribution in [0.15, 0.2) is 30.5 Å². The number of ether oxygens (including phenoxy) is 3. The first-order chi connectivity index (χ1) is 13.1. The predicted octanol–water partition coefficient (Wildman–Crippen LogP) is 2.79. The fourth-order valence-electron chi connectivity index (χ4n) is 4.14. The quantitative estimate of drug-likeness (QED) is 0.750. The summed E-state index contributed by atoms with van der Waals surface area (Å²) < 4.78 is 44.5. The minimum absolute atomic E-state index is 0.0243. The molecule has 1 aromatic heterocycles. The lowest BCUT2D eigenvalue weighted by Gasteiger charge is -2.25. The van der Waals surface area contributed by atoms with Gasteiger partial charge in [0.15, 0.2) is 16.2 Å². The molecule has 0 bridgehead atoms. The van der Waals surface area contributed by atoms with Crippen LogP contribution in [0.3, 0.4) is 0 Å². The summed E-state index contributed by atoms with van der Waals surface area (Å²) >= 11 is 0. The largest absolute Gasteiger partial charge is 0.491 e. The Morgan fingerprint density at radius 1 is 1.11 bits per heavy atom. The van der Waals surface area contributed by atoms with E-state index in [0.717, 1.165) is 19.3 Å². The highest BCUT2D eigenvalue weighted by molar-refractivity contribution is 7.94. The molecule has 1 unspecified atom stereocenters. The minimum Gasteiger partial charge on any atom is -0.491 e. The van der Waals surface area contributed by atoms with Gasteiger partial charge in [-0.2, -0.15) is 0 Å². The molecular weight excluding hydrogens is 368 g/mol. The highest BCUT2D eigenvalue weighted by Gasteiger charge is 2.62. The van der Waals surface area contributed by atoms with Crippen LogP contribution in [0.2, 0.25) is 0 Å². The van der Waals surface area contributed by atoms with Crippen molar-refractivity contribution in [1.29, 1.82) is 0 Å². The molecule has 7 nitrogen and oxygen atoms in total. The van der Waals surface area contributed by atoms with Crippen LogP contribution in [0.5, 0.6) is 17.2 Å². The van der Waals surface area contributed by atoms with Gasteiger partial charge in [0.25, 0.3) is 10.0 Å². The molecule has 3 aliphatic heterocycles. The molecule has 2 aromatic rings. The number of anilines is 1. The molecular formula is C19H20N2O5S. The van der Waals surface area contributed by atoms with E-state index in [9.17, 15) is 8.42 Å². The van der Waals surface area contributed by atoms with E-state index in [1.807, 2.05) is 6.07 Å².